The van der Waals surface area contributed by atoms with Crippen molar-refractivity contribution in [3.05, 3.63) is 65.5 Å². The Morgan fingerprint density at radius 2 is 1.86 bits per heavy atom. The SMILES string of the molecule is COc1ccc(NC(=O)CSc2nc(Cc3ccccc3)c(C)[nH]2)cc1OC. The summed E-state index contributed by atoms with van der Waals surface area (Å²) in [6.07, 6.45) is 0.765. The summed E-state index contributed by atoms with van der Waals surface area (Å²) in [7, 11) is 3.13. The van der Waals surface area contributed by atoms with Crippen LogP contribution in [-0.4, -0.2) is 35.8 Å². The van der Waals surface area contributed by atoms with Crippen LogP contribution in [0.5, 0.6) is 11.5 Å². The second-order valence-electron chi connectivity index (χ2n) is 6.18. The maximum Gasteiger partial charge on any atom is 0.234 e. The maximum absolute atomic E-state index is 12.3. The molecule has 1 heterocycles. The fourth-order valence-electron chi connectivity index (χ4n) is 2.74. The van der Waals surface area contributed by atoms with Crippen molar-refractivity contribution >= 4 is 23.4 Å². The molecule has 1 amide bonds. The molecule has 28 heavy (non-hydrogen) atoms. The third-order valence-electron chi connectivity index (χ3n) is 4.19. The Bertz CT molecular complexity index is 941. The Kier molecular flexibility index (Phi) is 6.60. The van der Waals surface area contributed by atoms with Crippen LogP contribution < -0.4 is 14.8 Å². The van der Waals surface area contributed by atoms with Crippen molar-refractivity contribution in [2.45, 2.75) is 18.5 Å². The summed E-state index contributed by atoms with van der Waals surface area (Å²) in [5.41, 5.74) is 3.88. The monoisotopic (exact) mass is 397 g/mol. The van der Waals surface area contributed by atoms with Gasteiger partial charge in [-0.25, -0.2) is 4.98 Å². The fraction of sp³-hybridized carbons (Fsp3) is 0.238. The molecule has 0 aliphatic carbocycles. The van der Waals surface area contributed by atoms with E-state index in [9.17, 15) is 4.79 Å². The molecule has 3 rings (SSSR count). The lowest BCUT2D eigenvalue weighted by atomic mass is 10.1. The Hall–Kier alpha value is -2.93. The topological polar surface area (TPSA) is 76.2 Å². The number of nitrogens with zero attached hydrogens (tertiary/aromatic N) is 1. The van der Waals surface area contributed by atoms with Gasteiger partial charge in [0.1, 0.15) is 0 Å². The average Bonchev–Trinajstić information content (AvgIpc) is 3.06. The molecule has 0 aliphatic rings. The van der Waals surface area contributed by atoms with Gasteiger partial charge in [-0.2, -0.15) is 0 Å². The van der Waals surface area contributed by atoms with Gasteiger partial charge in [0.2, 0.25) is 5.91 Å². The first-order chi connectivity index (χ1) is 13.6. The smallest absolute Gasteiger partial charge is 0.234 e. The molecule has 0 saturated heterocycles. The lowest BCUT2D eigenvalue weighted by Gasteiger charge is -2.10. The van der Waals surface area contributed by atoms with Crippen molar-refractivity contribution in [2.24, 2.45) is 0 Å². The summed E-state index contributed by atoms with van der Waals surface area (Å²) in [5, 5.41) is 3.60. The lowest BCUT2D eigenvalue weighted by Crippen LogP contribution is -2.14. The van der Waals surface area contributed by atoms with E-state index < -0.39 is 0 Å². The molecule has 0 fully saturated rings. The van der Waals surface area contributed by atoms with Crippen LogP contribution in [0.15, 0.2) is 53.7 Å². The van der Waals surface area contributed by atoms with Gasteiger partial charge in [0.15, 0.2) is 16.7 Å². The van der Waals surface area contributed by atoms with Crippen LogP contribution in [0.1, 0.15) is 17.0 Å². The van der Waals surface area contributed by atoms with Crippen LogP contribution in [0, 0.1) is 6.92 Å². The number of aromatic nitrogens is 2. The van der Waals surface area contributed by atoms with Gasteiger partial charge in [-0.05, 0) is 24.6 Å². The molecule has 6 nitrogen and oxygen atoms in total. The minimum atomic E-state index is -0.115. The standard InChI is InChI=1S/C21H23N3O3S/c1-14-17(11-15-7-5-4-6-8-15)24-21(22-14)28-13-20(25)23-16-9-10-18(26-2)19(12-16)27-3/h4-10,12H,11,13H2,1-3H3,(H,22,24)(H,23,25). The molecule has 0 saturated carbocycles. The lowest BCUT2D eigenvalue weighted by molar-refractivity contribution is -0.113. The number of nitrogens with one attached hydrogen (secondary N) is 2. The van der Waals surface area contributed by atoms with Crippen molar-refractivity contribution in [1.82, 2.24) is 9.97 Å². The number of aryl methyl sites for hydroxylation is 1. The van der Waals surface area contributed by atoms with Gasteiger partial charge in [-0.15, -0.1) is 0 Å². The number of methoxy groups -OCH3 is 2. The average molecular weight is 398 g/mol. The first kappa shape index (κ1) is 19.8. The van der Waals surface area contributed by atoms with E-state index in [4.69, 9.17) is 9.47 Å². The van der Waals surface area contributed by atoms with Crippen LogP contribution in [0.3, 0.4) is 0 Å². The van der Waals surface area contributed by atoms with Crippen molar-refractivity contribution in [1.29, 1.82) is 0 Å². The fourth-order valence-corrected chi connectivity index (χ4v) is 3.48. The van der Waals surface area contributed by atoms with E-state index in [1.807, 2.05) is 25.1 Å². The third kappa shape index (κ3) is 5.07. The molecule has 0 bridgehead atoms. The third-order valence-corrected chi connectivity index (χ3v) is 5.06. The number of ether oxygens (including phenoxy) is 2. The molecular weight excluding hydrogens is 374 g/mol. The van der Waals surface area contributed by atoms with Gasteiger partial charge in [0, 0.05) is 23.9 Å². The number of carbonyl (C=O) groups excluding carboxylic acids is 1. The van der Waals surface area contributed by atoms with E-state index in [0.29, 0.717) is 17.2 Å². The van der Waals surface area contributed by atoms with Crippen LogP contribution >= 0.6 is 11.8 Å². The number of H-pyrrole nitrogens is 1. The van der Waals surface area contributed by atoms with Gasteiger partial charge in [-0.1, -0.05) is 42.1 Å². The largest absolute Gasteiger partial charge is 0.493 e. The summed E-state index contributed by atoms with van der Waals surface area (Å²) in [5.74, 6) is 1.33. The number of hydrogen-bond donors (Lipinski definition) is 2. The summed E-state index contributed by atoms with van der Waals surface area (Å²) >= 11 is 1.38. The van der Waals surface area contributed by atoms with Crippen molar-refractivity contribution < 1.29 is 14.3 Å². The zero-order valence-electron chi connectivity index (χ0n) is 16.1. The van der Waals surface area contributed by atoms with Gasteiger partial charge < -0.3 is 19.8 Å². The summed E-state index contributed by atoms with van der Waals surface area (Å²) in [6, 6.07) is 15.5. The van der Waals surface area contributed by atoms with Crippen LogP contribution in [0.4, 0.5) is 5.69 Å². The Morgan fingerprint density at radius 1 is 1.11 bits per heavy atom. The zero-order valence-corrected chi connectivity index (χ0v) is 16.9. The first-order valence-electron chi connectivity index (χ1n) is 8.83. The number of rotatable bonds is 8. The molecule has 146 valence electrons. The summed E-state index contributed by atoms with van der Waals surface area (Å²) in [4.78, 5) is 20.2. The van der Waals surface area contributed by atoms with Crippen molar-refractivity contribution in [3.8, 4) is 11.5 Å². The van der Waals surface area contributed by atoms with Crippen molar-refractivity contribution in [2.75, 3.05) is 25.3 Å². The highest BCUT2D eigenvalue weighted by Gasteiger charge is 2.11. The number of thioether (sulfide) groups is 1. The van der Waals surface area contributed by atoms with Gasteiger partial charge in [0.25, 0.3) is 0 Å². The normalized spacial score (nSPS) is 10.5. The van der Waals surface area contributed by atoms with Crippen LogP contribution in [0.2, 0.25) is 0 Å². The van der Waals surface area contributed by atoms with E-state index >= 15 is 0 Å². The van der Waals surface area contributed by atoms with E-state index in [1.165, 1.54) is 17.3 Å². The molecule has 0 radical (unpaired) electrons. The molecule has 0 unspecified atom stereocenters. The molecular formula is C21H23N3O3S. The summed E-state index contributed by atoms with van der Waals surface area (Å²) in [6.45, 7) is 2.00. The Balaban J connectivity index is 1.57. The Labute approximate surface area is 168 Å². The van der Waals surface area contributed by atoms with E-state index in [0.717, 1.165) is 23.0 Å². The number of hydrogen-bond acceptors (Lipinski definition) is 5. The van der Waals surface area contributed by atoms with Gasteiger partial charge in [-0.3, -0.25) is 4.79 Å². The minimum Gasteiger partial charge on any atom is -0.493 e. The maximum atomic E-state index is 12.3. The quantitative estimate of drug-likeness (QED) is 0.561. The van der Waals surface area contributed by atoms with E-state index in [2.05, 4.69) is 27.4 Å². The van der Waals surface area contributed by atoms with Gasteiger partial charge >= 0.3 is 0 Å². The second kappa shape index (κ2) is 9.32. The zero-order chi connectivity index (χ0) is 19.9. The highest BCUT2D eigenvalue weighted by Crippen LogP contribution is 2.30. The summed E-state index contributed by atoms with van der Waals surface area (Å²) < 4.78 is 10.5. The number of anilines is 1. The number of aromatic amines is 1. The number of amides is 1. The molecule has 1 aromatic heterocycles. The van der Waals surface area contributed by atoms with E-state index in [1.54, 1.807) is 32.4 Å². The molecule has 2 aromatic carbocycles. The molecule has 0 aliphatic heterocycles. The Morgan fingerprint density at radius 3 is 2.57 bits per heavy atom. The molecule has 3 aromatic rings. The molecule has 0 atom stereocenters. The number of benzene rings is 2. The first-order valence-corrected chi connectivity index (χ1v) is 9.81. The van der Waals surface area contributed by atoms with E-state index in [-0.39, 0.29) is 11.7 Å². The predicted molar refractivity (Wildman–Crippen MR) is 111 cm³/mol. The molecule has 7 heteroatoms. The van der Waals surface area contributed by atoms with Crippen molar-refractivity contribution in [3.63, 3.8) is 0 Å². The highest BCUT2D eigenvalue weighted by atomic mass is 32.2. The van der Waals surface area contributed by atoms with Crippen LogP contribution in [-0.2, 0) is 11.2 Å². The predicted octanol–water partition coefficient (Wildman–Crippen LogP) is 4.06. The van der Waals surface area contributed by atoms with Gasteiger partial charge in [0.05, 0.1) is 25.7 Å². The second-order valence-corrected chi connectivity index (χ2v) is 7.15. The molecule has 2 N–H and O–H groups in total. The highest BCUT2D eigenvalue weighted by molar-refractivity contribution is 7.99. The molecule has 0 spiro atoms. The number of imidazole rings is 1. The van der Waals surface area contributed by atoms with Crippen LogP contribution in [0.25, 0.3) is 0 Å². The minimum absolute atomic E-state index is 0.115. The number of carbonyl (C=O) groups is 1.